The molecule has 0 saturated heterocycles. The van der Waals surface area contributed by atoms with Gasteiger partial charge in [-0.25, -0.2) is 9.37 Å². The van der Waals surface area contributed by atoms with Crippen molar-refractivity contribution in [3.8, 4) is 17.4 Å². The van der Waals surface area contributed by atoms with Crippen LogP contribution in [-0.2, 0) is 18.6 Å². The van der Waals surface area contributed by atoms with E-state index in [4.69, 9.17) is 10.2 Å². The molecule has 33 heavy (non-hydrogen) atoms. The predicted molar refractivity (Wildman–Crippen MR) is 117 cm³/mol. The number of alkyl halides is 1. The standard InChI is InChI=1S/C23H19FN8O/c1-14-21(33-13-29-14)19-20-18(30-32(31-20)9-7-17-4-2-3-8-27-17)12-28-22(19)23(24)10-16(26)6-5-15(23)11-25/h2-6,8,10,12-13,15H,7,9,26H2,1H3. The van der Waals surface area contributed by atoms with Crippen LogP contribution in [0.2, 0.25) is 0 Å². The van der Waals surface area contributed by atoms with E-state index in [2.05, 4.69) is 25.1 Å². The Bertz CT molecular complexity index is 1430. The van der Waals surface area contributed by atoms with Gasteiger partial charge in [0.1, 0.15) is 17.0 Å². The van der Waals surface area contributed by atoms with E-state index in [0.29, 0.717) is 41.0 Å². The molecule has 4 heterocycles. The van der Waals surface area contributed by atoms with Crippen LogP contribution in [0, 0.1) is 24.2 Å². The number of pyridine rings is 2. The van der Waals surface area contributed by atoms with E-state index in [9.17, 15) is 5.26 Å². The van der Waals surface area contributed by atoms with Crippen molar-refractivity contribution in [3.63, 3.8) is 0 Å². The monoisotopic (exact) mass is 442 g/mol. The van der Waals surface area contributed by atoms with Crippen LogP contribution in [0.1, 0.15) is 17.1 Å². The minimum absolute atomic E-state index is 0.0227. The van der Waals surface area contributed by atoms with Crippen LogP contribution in [0.15, 0.2) is 65.3 Å². The van der Waals surface area contributed by atoms with Crippen molar-refractivity contribution in [2.24, 2.45) is 11.7 Å². The molecule has 9 nitrogen and oxygen atoms in total. The van der Waals surface area contributed by atoms with Crippen LogP contribution < -0.4 is 5.73 Å². The smallest absolute Gasteiger partial charge is 0.193 e. The van der Waals surface area contributed by atoms with Gasteiger partial charge in [-0.1, -0.05) is 12.1 Å². The lowest BCUT2D eigenvalue weighted by Gasteiger charge is -2.28. The van der Waals surface area contributed by atoms with Gasteiger partial charge in [-0.05, 0) is 31.2 Å². The number of fused-ring (bicyclic) bond motifs is 1. The first-order chi connectivity index (χ1) is 16.0. The van der Waals surface area contributed by atoms with Gasteiger partial charge in [0.15, 0.2) is 17.8 Å². The number of aromatic nitrogens is 6. The van der Waals surface area contributed by atoms with Gasteiger partial charge in [-0.15, -0.1) is 0 Å². The summed E-state index contributed by atoms with van der Waals surface area (Å²) in [6.45, 7) is 2.21. The lowest BCUT2D eigenvalue weighted by molar-refractivity contribution is 0.189. The van der Waals surface area contributed by atoms with Gasteiger partial charge in [0, 0.05) is 24.0 Å². The zero-order valence-electron chi connectivity index (χ0n) is 17.7. The molecule has 4 aromatic rings. The number of oxazole rings is 1. The molecule has 10 heteroatoms. The van der Waals surface area contributed by atoms with E-state index in [-0.39, 0.29) is 11.4 Å². The third kappa shape index (κ3) is 3.53. The Hall–Kier alpha value is -4.39. The third-order valence-electron chi connectivity index (χ3n) is 5.55. The first kappa shape index (κ1) is 20.5. The molecule has 2 N–H and O–H groups in total. The summed E-state index contributed by atoms with van der Waals surface area (Å²) in [4.78, 5) is 14.4. The molecule has 1 aliphatic rings. The fraction of sp³-hybridized carbons (Fsp3) is 0.217. The molecule has 0 aliphatic heterocycles. The molecule has 0 saturated carbocycles. The molecule has 0 radical (unpaired) electrons. The van der Waals surface area contributed by atoms with Gasteiger partial charge in [0.2, 0.25) is 0 Å². The molecule has 1 aliphatic carbocycles. The Labute approximate surface area is 188 Å². The number of allylic oxidation sites excluding steroid dienone is 3. The summed E-state index contributed by atoms with van der Waals surface area (Å²) >= 11 is 0. The van der Waals surface area contributed by atoms with E-state index in [0.717, 1.165) is 5.69 Å². The van der Waals surface area contributed by atoms with E-state index in [1.165, 1.54) is 35.6 Å². The molecule has 0 aromatic carbocycles. The SMILES string of the molecule is Cc1ncoc1-c1c(C2(F)C=C(N)C=CC2C#N)ncc2nn(CCc3ccccn3)nc12. The Kier molecular flexibility index (Phi) is 4.94. The number of aryl methyl sites for hydroxylation is 3. The van der Waals surface area contributed by atoms with Crippen LogP contribution in [-0.4, -0.2) is 29.9 Å². The fourth-order valence-corrected chi connectivity index (χ4v) is 3.92. The van der Waals surface area contributed by atoms with E-state index < -0.39 is 11.6 Å². The van der Waals surface area contributed by atoms with Crippen molar-refractivity contribution in [2.75, 3.05) is 0 Å². The number of nitrogens with two attached hydrogens (primary N) is 1. The van der Waals surface area contributed by atoms with Gasteiger partial charge in [-0.2, -0.15) is 20.3 Å². The summed E-state index contributed by atoms with van der Waals surface area (Å²) in [5.74, 6) is -0.814. The topological polar surface area (TPSA) is 132 Å². The second kappa shape index (κ2) is 7.94. The summed E-state index contributed by atoms with van der Waals surface area (Å²) < 4.78 is 22.1. The van der Waals surface area contributed by atoms with Crippen LogP contribution in [0.3, 0.4) is 0 Å². The largest absolute Gasteiger partial charge is 0.443 e. The predicted octanol–water partition coefficient (Wildman–Crippen LogP) is 3.14. The molecule has 164 valence electrons. The molecular formula is C23H19FN8O. The number of nitriles is 1. The summed E-state index contributed by atoms with van der Waals surface area (Å²) in [6, 6.07) is 7.69. The van der Waals surface area contributed by atoms with Crippen molar-refractivity contribution < 1.29 is 8.81 Å². The van der Waals surface area contributed by atoms with Gasteiger partial charge >= 0.3 is 0 Å². The number of hydrogen-bond donors (Lipinski definition) is 1. The van der Waals surface area contributed by atoms with Crippen molar-refractivity contribution in [1.29, 1.82) is 5.26 Å². The maximum Gasteiger partial charge on any atom is 0.193 e. The lowest BCUT2D eigenvalue weighted by atomic mass is 9.80. The van der Waals surface area contributed by atoms with E-state index in [1.807, 2.05) is 24.3 Å². The van der Waals surface area contributed by atoms with Crippen molar-refractivity contribution >= 4 is 11.0 Å². The number of hydrogen-bond acceptors (Lipinski definition) is 8. The highest BCUT2D eigenvalue weighted by atomic mass is 19.1. The molecule has 5 rings (SSSR count). The van der Waals surface area contributed by atoms with Crippen LogP contribution in [0.5, 0.6) is 0 Å². The normalized spacial score (nSPS) is 20.0. The molecular weight excluding hydrogens is 423 g/mol. The highest BCUT2D eigenvalue weighted by Crippen LogP contribution is 2.45. The Balaban J connectivity index is 1.67. The van der Waals surface area contributed by atoms with Crippen LogP contribution >= 0.6 is 0 Å². The molecule has 0 spiro atoms. The maximum absolute atomic E-state index is 16.5. The number of nitrogens with zero attached hydrogens (tertiary/aromatic N) is 7. The van der Waals surface area contributed by atoms with Gasteiger partial charge in [0.25, 0.3) is 0 Å². The Morgan fingerprint density at radius 2 is 2.15 bits per heavy atom. The van der Waals surface area contributed by atoms with Gasteiger partial charge in [0.05, 0.1) is 35.8 Å². The first-order valence-corrected chi connectivity index (χ1v) is 10.3. The minimum atomic E-state index is -2.28. The van der Waals surface area contributed by atoms with Crippen molar-refractivity contribution in [3.05, 3.63) is 78.0 Å². The molecule has 0 fully saturated rings. The third-order valence-corrected chi connectivity index (χ3v) is 5.55. The van der Waals surface area contributed by atoms with Gasteiger partial charge in [-0.3, -0.25) is 9.97 Å². The second-order valence-corrected chi connectivity index (χ2v) is 7.73. The highest BCUT2D eigenvalue weighted by Gasteiger charge is 2.45. The zero-order chi connectivity index (χ0) is 23.0. The van der Waals surface area contributed by atoms with Crippen molar-refractivity contribution in [1.82, 2.24) is 29.9 Å². The minimum Gasteiger partial charge on any atom is -0.443 e. The summed E-state index contributed by atoms with van der Waals surface area (Å²) in [7, 11) is 0. The quantitative estimate of drug-likeness (QED) is 0.498. The van der Waals surface area contributed by atoms with Crippen LogP contribution in [0.25, 0.3) is 22.4 Å². The second-order valence-electron chi connectivity index (χ2n) is 7.73. The first-order valence-electron chi connectivity index (χ1n) is 10.3. The zero-order valence-corrected chi connectivity index (χ0v) is 17.7. The summed E-state index contributed by atoms with van der Waals surface area (Å²) in [5, 5.41) is 18.7. The average molecular weight is 442 g/mol. The molecule has 4 aromatic heterocycles. The maximum atomic E-state index is 16.5. The lowest BCUT2D eigenvalue weighted by Crippen LogP contribution is -2.31. The fourth-order valence-electron chi connectivity index (χ4n) is 3.92. The number of halogens is 1. The van der Waals surface area contributed by atoms with Gasteiger partial charge < -0.3 is 10.2 Å². The number of rotatable bonds is 5. The average Bonchev–Trinajstić information content (AvgIpc) is 3.43. The van der Waals surface area contributed by atoms with Crippen molar-refractivity contribution in [2.45, 2.75) is 25.6 Å². The van der Waals surface area contributed by atoms with Crippen LogP contribution in [0.4, 0.5) is 4.39 Å². The molecule has 0 amide bonds. The Morgan fingerprint density at radius 3 is 2.88 bits per heavy atom. The molecule has 2 atom stereocenters. The highest BCUT2D eigenvalue weighted by molar-refractivity contribution is 5.91. The molecule has 0 bridgehead atoms. The molecule has 2 unspecified atom stereocenters. The summed E-state index contributed by atoms with van der Waals surface area (Å²) in [5.41, 5.74) is 6.39. The van der Waals surface area contributed by atoms with E-state index in [1.54, 1.807) is 13.1 Å². The summed E-state index contributed by atoms with van der Waals surface area (Å²) in [6.07, 6.45) is 9.22. The Morgan fingerprint density at radius 1 is 1.27 bits per heavy atom. The van der Waals surface area contributed by atoms with E-state index >= 15 is 4.39 Å².